The van der Waals surface area contributed by atoms with E-state index in [0.717, 1.165) is 21.7 Å². The summed E-state index contributed by atoms with van der Waals surface area (Å²) in [7, 11) is 1.60. The van der Waals surface area contributed by atoms with E-state index in [9.17, 15) is 4.79 Å². The van der Waals surface area contributed by atoms with Crippen LogP contribution in [-0.4, -0.2) is 18.1 Å². The molecule has 0 amide bonds. The number of carbonyl (C=O) groups is 1. The van der Waals surface area contributed by atoms with E-state index in [-0.39, 0.29) is 6.61 Å². The first kappa shape index (κ1) is 16.2. The van der Waals surface area contributed by atoms with E-state index in [1.807, 2.05) is 55.5 Å². The van der Waals surface area contributed by atoms with Crippen molar-refractivity contribution in [1.29, 1.82) is 0 Å². The minimum Gasteiger partial charge on any atom is -0.496 e. The topological polar surface area (TPSA) is 48.4 Å². The van der Waals surface area contributed by atoms with Gasteiger partial charge in [0.1, 0.15) is 17.4 Å². The Kier molecular flexibility index (Phi) is 4.91. The van der Waals surface area contributed by atoms with E-state index in [1.165, 1.54) is 11.3 Å². The van der Waals surface area contributed by atoms with E-state index in [0.29, 0.717) is 11.4 Å². The Morgan fingerprint density at radius 2 is 1.96 bits per heavy atom. The first-order chi connectivity index (χ1) is 11.7. The molecule has 0 bridgehead atoms. The molecule has 2 aromatic carbocycles. The molecule has 0 aliphatic heterocycles. The van der Waals surface area contributed by atoms with Crippen molar-refractivity contribution in [3.63, 3.8) is 0 Å². The number of nitrogens with zero attached hydrogens (tertiary/aromatic N) is 1. The van der Waals surface area contributed by atoms with Gasteiger partial charge in [-0.05, 0) is 19.1 Å². The molecule has 0 aliphatic rings. The minimum absolute atomic E-state index is 0.155. The summed E-state index contributed by atoms with van der Waals surface area (Å²) in [5.74, 6) is 0.272. The van der Waals surface area contributed by atoms with Crippen molar-refractivity contribution in [3.8, 4) is 16.3 Å². The van der Waals surface area contributed by atoms with Gasteiger partial charge in [-0.15, -0.1) is 11.3 Å². The largest absolute Gasteiger partial charge is 0.496 e. The SMILES string of the molecule is COc1ccc(C)cc1COC(=O)c1csc(-c2ccccc2)n1. The number of hydrogen-bond donors (Lipinski definition) is 0. The monoisotopic (exact) mass is 339 g/mol. The van der Waals surface area contributed by atoms with Crippen LogP contribution < -0.4 is 4.74 Å². The summed E-state index contributed by atoms with van der Waals surface area (Å²) in [4.78, 5) is 16.6. The Balaban J connectivity index is 1.70. The summed E-state index contributed by atoms with van der Waals surface area (Å²) in [6.07, 6.45) is 0. The molecular formula is C19H17NO3S. The van der Waals surface area contributed by atoms with Gasteiger partial charge in [0.25, 0.3) is 0 Å². The van der Waals surface area contributed by atoms with Crippen molar-refractivity contribution in [2.45, 2.75) is 13.5 Å². The summed E-state index contributed by atoms with van der Waals surface area (Å²) >= 11 is 1.43. The lowest BCUT2D eigenvalue weighted by Gasteiger charge is -2.09. The van der Waals surface area contributed by atoms with Gasteiger partial charge in [0.05, 0.1) is 7.11 Å². The van der Waals surface area contributed by atoms with Crippen LogP contribution in [0.1, 0.15) is 21.6 Å². The van der Waals surface area contributed by atoms with Gasteiger partial charge >= 0.3 is 5.97 Å². The molecule has 122 valence electrons. The quantitative estimate of drug-likeness (QED) is 0.643. The maximum absolute atomic E-state index is 12.2. The standard InChI is InChI=1S/C19H17NO3S/c1-13-8-9-17(22-2)15(10-13)11-23-19(21)16-12-24-18(20-16)14-6-4-3-5-7-14/h3-10,12H,11H2,1-2H3. The van der Waals surface area contributed by atoms with Crippen molar-refractivity contribution < 1.29 is 14.3 Å². The molecule has 0 saturated carbocycles. The van der Waals surface area contributed by atoms with Gasteiger partial charge in [0.2, 0.25) is 0 Å². The van der Waals surface area contributed by atoms with Crippen LogP contribution in [0.3, 0.4) is 0 Å². The van der Waals surface area contributed by atoms with E-state index in [1.54, 1.807) is 12.5 Å². The summed E-state index contributed by atoms with van der Waals surface area (Å²) in [5.41, 5.74) is 3.23. The van der Waals surface area contributed by atoms with Gasteiger partial charge in [-0.2, -0.15) is 0 Å². The fourth-order valence-electron chi connectivity index (χ4n) is 2.32. The zero-order valence-electron chi connectivity index (χ0n) is 13.5. The van der Waals surface area contributed by atoms with Crippen LogP contribution in [0.2, 0.25) is 0 Å². The molecule has 0 atom stereocenters. The first-order valence-electron chi connectivity index (χ1n) is 7.49. The lowest BCUT2D eigenvalue weighted by atomic mass is 10.1. The van der Waals surface area contributed by atoms with Gasteiger partial charge in [0, 0.05) is 16.5 Å². The van der Waals surface area contributed by atoms with Gasteiger partial charge in [-0.3, -0.25) is 0 Å². The second-order valence-electron chi connectivity index (χ2n) is 5.30. The summed E-state index contributed by atoms with van der Waals surface area (Å²) in [5, 5.41) is 2.52. The maximum Gasteiger partial charge on any atom is 0.358 e. The molecule has 0 N–H and O–H groups in total. The summed E-state index contributed by atoms with van der Waals surface area (Å²) in [6.45, 7) is 2.14. The van der Waals surface area contributed by atoms with Gasteiger partial charge in [0.15, 0.2) is 5.69 Å². The number of ether oxygens (including phenoxy) is 2. The molecule has 5 heteroatoms. The third-order valence-corrected chi connectivity index (χ3v) is 4.42. The number of rotatable bonds is 5. The highest BCUT2D eigenvalue weighted by molar-refractivity contribution is 7.13. The van der Waals surface area contributed by atoms with Crippen LogP contribution in [0, 0.1) is 6.92 Å². The molecule has 0 saturated heterocycles. The Labute approximate surface area is 144 Å². The number of esters is 1. The van der Waals surface area contributed by atoms with Crippen LogP contribution >= 0.6 is 11.3 Å². The molecule has 24 heavy (non-hydrogen) atoms. The molecule has 0 spiro atoms. The molecule has 3 rings (SSSR count). The number of aromatic nitrogens is 1. The minimum atomic E-state index is -0.433. The fourth-order valence-corrected chi connectivity index (χ4v) is 3.11. The van der Waals surface area contributed by atoms with Crippen LogP contribution in [0.5, 0.6) is 5.75 Å². The second kappa shape index (κ2) is 7.27. The highest BCUT2D eigenvalue weighted by Crippen LogP contribution is 2.24. The number of methoxy groups -OCH3 is 1. The average molecular weight is 339 g/mol. The van der Waals surface area contributed by atoms with E-state index in [2.05, 4.69) is 4.98 Å². The van der Waals surface area contributed by atoms with Crippen LogP contribution in [0.25, 0.3) is 10.6 Å². The van der Waals surface area contributed by atoms with Gasteiger partial charge < -0.3 is 9.47 Å². The third-order valence-electron chi connectivity index (χ3n) is 3.53. The molecule has 0 radical (unpaired) electrons. The number of aryl methyl sites for hydroxylation is 1. The normalized spacial score (nSPS) is 10.4. The lowest BCUT2D eigenvalue weighted by molar-refractivity contribution is 0.0464. The van der Waals surface area contributed by atoms with E-state index >= 15 is 0 Å². The van der Waals surface area contributed by atoms with Gasteiger partial charge in [-0.1, -0.05) is 42.0 Å². The number of hydrogen-bond acceptors (Lipinski definition) is 5. The predicted molar refractivity (Wildman–Crippen MR) is 94.4 cm³/mol. The third kappa shape index (κ3) is 3.63. The van der Waals surface area contributed by atoms with Crippen molar-refractivity contribution in [2.75, 3.05) is 7.11 Å². The van der Waals surface area contributed by atoms with Crippen LogP contribution in [0.4, 0.5) is 0 Å². The Hall–Kier alpha value is -2.66. The average Bonchev–Trinajstić information content (AvgIpc) is 3.11. The van der Waals surface area contributed by atoms with Crippen molar-refractivity contribution in [1.82, 2.24) is 4.98 Å². The number of benzene rings is 2. The highest BCUT2D eigenvalue weighted by Gasteiger charge is 2.14. The Bertz CT molecular complexity index is 843. The van der Waals surface area contributed by atoms with Crippen molar-refractivity contribution in [2.24, 2.45) is 0 Å². The molecule has 3 aromatic rings. The molecule has 4 nitrogen and oxygen atoms in total. The van der Waals surface area contributed by atoms with Crippen LogP contribution in [-0.2, 0) is 11.3 Å². The zero-order valence-corrected chi connectivity index (χ0v) is 14.3. The van der Waals surface area contributed by atoms with Gasteiger partial charge in [-0.25, -0.2) is 9.78 Å². The molecule has 1 heterocycles. The first-order valence-corrected chi connectivity index (χ1v) is 8.37. The molecule has 1 aromatic heterocycles. The molecule has 0 fully saturated rings. The fraction of sp³-hybridized carbons (Fsp3) is 0.158. The molecule has 0 aliphatic carbocycles. The summed E-state index contributed by atoms with van der Waals surface area (Å²) < 4.78 is 10.7. The molecular weight excluding hydrogens is 322 g/mol. The Morgan fingerprint density at radius 3 is 2.71 bits per heavy atom. The predicted octanol–water partition coefficient (Wildman–Crippen LogP) is 4.48. The zero-order chi connectivity index (χ0) is 16.9. The number of thiazole rings is 1. The lowest BCUT2D eigenvalue weighted by Crippen LogP contribution is -2.06. The maximum atomic E-state index is 12.2. The smallest absolute Gasteiger partial charge is 0.358 e. The molecule has 0 unspecified atom stereocenters. The van der Waals surface area contributed by atoms with Crippen molar-refractivity contribution in [3.05, 3.63) is 70.7 Å². The van der Waals surface area contributed by atoms with Crippen molar-refractivity contribution >= 4 is 17.3 Å². The van der Waals surface area contributed by atoms with E-state index in [4.69, 9.17) is 9.47 Å². The Morgan fingerprint density at radius 1 is 1.17 bits per heavy atom. The van der Waals surface area contributed by atoms with E-state index < -0.39 is 5.97 Å². The highest BCUT2D eigenvalue weighted by atomic mass is 32.1. The number of carbonyl (C=O) groups excluding carboxylic acids is 1. The second-order valence-corrected chi connectivity index (χ2v) is 6.15. The summed E-state index contributed by atoms with van der Waals surface area (Å²) in [6, 6.07) is 15.5. The van der Waals surface area contributed by atoms with Crippen LogP contribution in [0.15, 0.2) is 53.9 Å².